The SMILES string of the molecule is COc1ccc(S(=O)(=O)NCc2ccccc2Cl)cc1NC(=O)c1ccccc1. The van der Waals surface area contributed by atoms with Crippen LogP contribution in [0.15, 0.2) is 77.7 Å². The molecule has 150 valence electrons. The van der Waals surface area contributed by atoms with Crippen molar-refractivity contribution >= 4 is 33.2 Å². The maximum absolute atomic E-state index is 12.7. The lowest BCUT2D eigenvalue weighted by atomic mass is 10.2. The second-order valence-corrected chi connectivity index (χ2v) is 8.27. The van der Waals surface area contributed by atoms with Crippen molar-refractivity contribution in [1.29, 1.82) is 0 Å². The molecule has 0 saturated carbocycles. The van der Waals surface area contributed by atoms with Gasteiger partial charge in [-0.05, 0) is 42.0 Å². The Morgan fingerprint density at radius 2 is 1.69 bits per heavy atom. The largest absolute Gasteiger partial charge is 0.495 e. The van der Waals surface area contributed by atoms with Gasteiger partial charge in [0.15, 0.2) is 0 Å². The second-order valence-electron chi connectivity index (χ2n) is 6.10. The van der Waals surface area contributed by atoms with Gasteiger partial charge in [0.1, 0.15) is 5.75 Å². The molecular formula is C21H19ClN2O4S. The van der Waals surface area contributed by atoms with Crippen LogP contribution in [0.2, 0.25) is 5.02 Å². The van der Waals surface area contributed by atoms with E-state index >= 15 is 0 Å². The lowest BCUT2D eigenvalue weighted by Crippen LogP contribution is -2.23. The Labute approximate surface area is 174 Å². The van der Waals surface area contributed by atoms with E-state index in [4.69, 9.17) is 16.3 Å². The van der Waals surface area contributed by atoms with Crippen molar-refractivity contribution in [2.45, 2.75) is 11.4 Å². The van der Waals surface area contributed by atoms with Crippen molar-refractivity contribution < 1.29 is 17.9 Å². The van der Waals surface area contributed by atoms with Gasteiger partial charge in [-0.2, -0.15) is 0 Å². The van der Waals surface area contributed by atoms with Crippen molar-refractivity contribution in [2.75, 3.05) is 12.4 Å². The van der Waals surface area contributed by atoms with Crippen LogP contribution < -0.4 is 14.8 Å². The molecule has 0 aliphatic rings. The van der Waals surface area contributed by atoms with Crippen LogP contribution in [0.5, 0.6) is 5.75 Å². The molecule has 3 rings (SSSR count). The highest BCUT2D eigenvalue weighted by Crippen LogP contribution is 2.28. The van der Waals surface area contributed by atoms with Gasteiger partial charge in [-0.1, -0.05) is 48.0 Å². The summed E-state index contributed by atoms with van der Waals surface area (Å²) in [4.78, 5) is 12.4. The number of carbonyl (C=O) groups is 1. The molecule has 0 atom stereocenters. The normalized spacial score (nSPS) is 11.1. The molecule has 0 aliphatic carbocycles. The molecule has 3 aromatic rings. The predicted molar refractivity (Wildman–Crippen MR) is 113 cm³/mol. The molecule has 29 heavy (non-hydrogen) atoms. The van der Waals surface area contributed by atoms with E-state index in [1.165, 1.54) is 25.3 Å². The standard InChI is InChI=1S/C21H19ClN2O4S/c1-28-20-12-11-17(13-19(20)24-21(25)15-7-3-2-4-8-15)29(26,27)23-14-16-9-5-6-10-18(16)22/h2-13,23H,14H2,1H3,(H,24,25). The number of carbonyl (C=O) groups excluding carboxylic acids is 1. The Morgan fingerprint density at radius 3 is 2.38 bits per heavy atom. The maximum atomic E-state index is 12.7. The molecule has 0 bridgehead atoms. The average Bonchev–Trinajstić information content (AvgIpc) is 2.73. The third kappa shape index (κ3) is 5.14. The van der Waals surface area contributed by atoms with Crippen molar-refractivity contribution in [1.82, 2.24) is 4.72 Å². The molecule has 6 nitrogen and oxygen atoms in total. The summed E-state index contributed by atoms with van der Waals surface area (Å²) in [6.45, 7) is 0.0414. The first kappa shape index (κ1) is 20.9. The average molecular weight is 431 g/mol. The molecule has 0 aromatic heterocycles. The molecule has 8 heteroatoms. The van der Waals surface area contributed by atoms with E-state index in [2.05, 4.69) is 10.0 Å². The van der Waals surface area contributed by atoms with E-state index in [1.807, 2.05) is 0 Å². The first-order valence-electron chi connectivity index (χ1n) is 8.68. The van der Waals surface area contributed by atoms with E-state index in [0.29, 0.717) is 21.9 Å². The fourth-order valence-electron chi connectivity index (χ4n) is 2.63. The third-order valence-electron chi connectivity index (χ3n) is 4.18. The first-order valence-corrected chi connectivity index (χ1v) is 10.5. The molecule has 0 unspecified atom stereocenters. The number of rotatable bonds is 7. The van der Waals surface area contributed by atoms with Crippen LogP contribution in [0.1, 0.15) is 15.9 Å². The van der Waals surface area contributed by atoms with E-state index in [0.717, 1.165) is 0 Å². The number of hydrogen-bond donors (Lipinski definition) is 2. The van der Waals surface area contributed by atoms with Crippen LogP contribution >= 0.6 is 11.6 Å². The van der Waals surface area contributed by atoms with Crippen LogP contribution in [0.4, 0.5) is 5.69 Å². The summed E-state index contributed by atoms with van der Waals surface area (Å²) in [7, 11) is -2.40. The Hall–Kier alpha value is -2.87. The number of nitrogens with one attached hydrogen (secondary N) is 2. The summed E-state index contributed by atoms with van der Waals surface area (Å²) < 4.78 is 33.2. The number of amides is 1. The van der Waals surface area contributed by atoms with E-state index in [1.54, 1.807) is 54.6 Å². The summed E-state index contributed by atoms with van der Waals surface area (Å²) in [5.41, 5.74) is 1.35. The van der Waals surface area contributed by atoms with Gasteiger partial charge in [0.05, 0.1) is 17.7 Å². The molecule has 3 aromatic carbocycles. The molecule has 0 saturated heterocycles. The Balaban J connectivity index is 1.83. The van der Waals surface area contributed by atoms with Gasteiger partial charge in [0, 0.05) is 17.1 Å². The summed E-state index contributed by atoms with van der Waals surface area (Å²) in [5.74, 6) is -0.0261. The summed E-state index contributed by atoms with van der Waals surface area (Å²) in [6, 6.07) is 19.8. The van der Waals surface area contributed by atoms with Crippen molar-refractivity contribution in [3.05, 3.63) is 88.9 Å². The molecular weight excluding hydrogens is 412 g/mol. The van der Waals surface area contributed by atoms with Crippen LogP contribution in [-0.4, -0.2) is 21.4 Å². The number of methoxy groups -OCH3 is 1. The minimum Gasteiger partial charge on any atom is -0.495 e. The lowest BCUT2D eigenvalue weighted by molar-refractivity contribution is 0.102. The summed E-state index contributed by atoms with van der Waals surface area (Å²) in [5, 5.41) is 3.17. The Kier molecular flexibility index (Phi) is 6.53. The van der Waals surface area contributed by atoms with Crippen molar-refractivity contribution in [3.8, 4) is 5.75 Å². The van der Waals surface area contributed by atoms with Crippen molar-refractivity contribution in [2.24, 2.45) is 0 Å². The number of ether oxygens (including phenoxy) is 1. The van der Waals surface area contributed by atoms with Crippen LogP contribution in [0.25, 0.3) is 0 Å². The smallest absolute Gasteiger partial charge is 0.255 e. The van der Waals surface area contributed by atoms with Gasteiger partial charge in [-0.25, -0.2) is 13.1 Å². The van der Waals surface area contributed by atoms with Gasteiger partial charge in [-0.3, -0.25) is 4.79 Å². The predicted octanol–water partition coefficient (Wildman–Crippen LogP) is 4.08. The third-order valence-corrected chi connectivity index (χ3v) is 5.94. The highest BCUT2D eigenvalue weighted by Gasteiger charge is 2.18. The van der Waals surface area contributed by atoms with Crippen LogP contribution in [-0.2, 0) is 16.6 Å². The lowest BCUT2D eigenvalue weighted by Gasteiger charge is -2.13. The minimum absolute atomic E-state index is 0.00582. The van der Waals surface area contributed by atoms with Crippen LogP contribution in [0, 0.1) is 0 Å². The monoisotopic (exact) mass is 430 g/mol. The second kappa shape index (κ2) is 9.09. The molecule has 0 fully saturated rings. The van der Waals surface area contributed by atoms with Gasteiger partial charge >= 0.3 is 0 Å². The fraction of sp³-hybridized carbons (Fsp3) is 0.0952. The minimum atomic E-state index is -3.84. The zero-order valence-electron chi connectivity index (χ0n) is 15.6. The van der Waals surface area contributed by atoms with Gasteiger partial charge in [-0.15, -0.1) is 0 Å². The first-order chi connectivity index (χ1) is 13.9. The number of hydrogen-bond acceptors (Lipinski definition) is 4. The van der Waals surface area contributed by atoms with Gasteiger partial charge in [0.2, 0.25) is 10.0 Å². The highest BCUT2D eigenvalue weighted by atomic mass is 35.5. The van der Waals surface area contributed by atoms with Gasteiger partial charge in [0.25, 0.3) is 5.91 Å². The number of benzene rings is 3. The topological polar surface area (TPSA) is 84.5 Å². The zero-order chi connectivity index (χ0) is 20.9. The number of anilines is 1. The van der Waals surface area contributed by atoms with E-state index in [-0.39, 0.29) is 23.0 Å². The van der Waals surface area contributed by atoms with Crippen LogP contribution in [0.3, 0.4) is 0 Å². The summed E-state index contributed by atoms with van der Waals surface area (Å²) in [6.07, 6.45) is 0. The molecule has 1 amide bonds. The molecule has 2 N–H and O–H groups in total. The Morgan fingerprint density at radius 1 is 1.00 bits per heavy atom. The van der Waals surface area contributed by atoms with E-state index < -0.39 is 10.0 Å². The highest BCUT2D eigenvalue weighted by molar-refractivity contribution is 7.89. The molecule has 0 spiro atoms. The molecule has 0 heterocycles. The molecule has 0 aliphatic heterocycles. The molecule has 0 radical (unpaired) electrons. The van der Waals surface area contributed by atoms with E-state index in [9.17, 15) is 13.2 Å². The van der Waals surface area contributed by atoms with Gasteiger partial charge < -0.3 is 10.1 Å². The summed E-state index contributed by atoms with van der Waals surface area (Å²) >= 11 is 6.08. The zero-order valence-corrected chi connectivity index (χ0v) is 17.1. The number of halogens is 1. The maximum Gasteiger partial charge on any atom is 0.255 e. The fourth-order valence-corrected chi connectivity index (χ4v) is 3.87. The number of sulfonamides is 1. The Bertz CT molecular complexity index is 1120. The quantitative estimate of drug-likeness (QED) is 0.591. The van der Waals surface area contributed by atoms with Crippen molar-refractivity contribution in [3.63, 3.8) is 0 Å².